The molecule has 1 saturated carbocycles. The molecule has 1 aromatic carbocycles. The van der Waals surface area contributed by atoms with Gasteiger partial charge in [0.2, 0.25) is 0 Å². The molecule has 112 valence electrons. The highest BCUT2D eigenvalue weighted by Crippen LogP contribution is 2.30. The van der Waals surface area contributed by atoms with Crippen LogP contribution in [0.5, 0.6) is 0 Å². The van der Waals surface area contributed by atoms with Crippen LogP contribution in [0.2, 0.25) is 0 Å². The summed E-state index contributed by atoms with van der Waals surface area (Å²) in [6.45, 7) is 0.612. The highest BCUT2D eigenvalue weighted by Gasteiger charge is 2.32. The van der Waals surface area contributed by atoms with Crippen molar-refractivity contribution in [2.24, 2.45) is 0 Å². The van der Waals surface area contributed by atoms with Gasteiger partial charge in [0.25, 0.3) is 0 Å². The molecule has 0 saturated heterocycles. The number of halogens is 4. The van der Waals surface area contributed by atoms with Crippen LogP contribution in [0.25, 0.3) is 5.69 Å². The minimum Gasteiger partial charge on any atom is -0.310 e. The van der Waals surface area contributed by atoms with Crippen LogP contribution in [-0.2, 0) is 12.7 Å². The average molecular weight is 360 g/mol. The first-order valence-electron chi connectivity index (χ1n) is 6.57. The van der Waals surface area contributed by atoms with E-state index in [4.69, 9.17) is 0 Å². The third-order valence-corrected chi connectivity index (χ3v) is 3.85. The van der Waals surface area contributed by atoms with E-state index in [0.29, 0.717) is 18.3 Å². The van der Waals surface area contributed by atoms with E-state index in [0.717, 1.165) is 35.3 Å². The van der Waals surface area contributed by atoms with Gasteiger partial charge in [0.1, 0.15) is 0 Å². The molecule has 1 fully saturated rings. The molecule has 0 spiro atoms. The van der Waals surface area contributed by atoms with Crippen LogP contribution in [0.4, 0.5) is 13.2 Å². The topological polar surface area (TPSA) is 29.9 Å². The summed E-state index contributed by atoms with van der Waals surface area (Å²) in [7, 11) is 0. The first-order valence-corrected chi connectivity index (χ1v) is 7.37. The Hall–Kier alpha value is -1.34. The minimum absolute atomic E-state index is 0.528. The highest BCUT2D eigenvalue weighted by molar-refractivity contribution is 9.10. The molecule has 0 radical (unpaired) electrons. The second-order valence-electron chi connectivity index (χ2n) is 5.10. The number of aromatic nitrogens is 2. The largest absolute Gasteiger partial charge is 0.419 e. The van der Waals surface area contributed by atoms with E-state index in [9.17, 15) is 13.2 Å². The molecule has 1 aliphatic rings. The van der Waals surface area contributed by atoms with E-state index in [1.54, 1.807) is 12.1 Å². The molecule has 1 aromatic heterocycles. The number of rotatable bonds is 4. The number of nitrogens with zero attached hydrogens (tertiary/aromatic N) is 2. The van der Waals surface area contributed by atoms with Crippen molar-refractivity contribution in [3.8, 4) is 5.69 Å². The van der Waals surface area contributed by atoms with Crippen molar-refractivity contribution in [3.05, 3.63) is 46.2 Å². The lowest BCUT2D eigenvalue weighted by atomic mass is 10.1. The fourth-order valence-corrected chi connectivity index (χ4v) is 2.47. The normalized spacial score (nSPS) is 15.4. The van der Waals surface area contributed by atoms with Crippen molar-refractivity contribution >= 4 is 15.9 Å². The van der Waals surface area contributed by atoms with Crippen molar-refractivity contribution in [2.75, 3.05) is 0 Å². The van der Waals surface area contributed by atoms with Gasteiger partial charge in [-0.15, -0.1) is 0 Å². The third kappa shape index (κ3) is 3.47. The molecule has 21 heavy (non-hydrogen) atoms. The Morgan fingerprint density at radius 2 is 2.10 bits per heavy atom. The van der Waals surface area contributed by atoms with Gasteiger partial charge in [0.15, 0.2) is 0 Å². The monoisotopic (exact) mass is 359 g/mol. The Labute approximate surface area is 128 Å². The molecule has 1 heterocycles. The van der Waals surface area contributed by atoms with Crippen molar-refractivity contribution in [3.63, 3.8) is 0 Å². The number of alkyl halides is 3. The smallest absolute Gasteiger partial charge is 0.310 e. The Bertz CT molecular complexity index is 647. The van der Waals surface area contributed by atoms with Gasteiger partial charge >= 0.3 is 6.18 Å². The van der Waals surface area contributed by atoms with Crippen LogP contribution in [0.3, 0.4) is 0 Å². The molecule has 0 atom stereocenters. The fraction of sp³-hybridized carbons (Fsp3) is 0.357. The van der Waals surface area contributed by atoms with Crippen LogP contribution >= 0.6 is 15.9 Å². The van der Waals surface area contributed by atoms with Gasteiger partial charge in [-0.05, 0) is 36.6 Å². The van der Waals surface area contributed by atoms with Crippen molar-refractivity contribution in [2.45, 2.75) is 31.6 Å². The van der Waals surface area contributed by atoms with Crippen molar-refractivity contribution < 1.29 is 13.2 Å². The highest BCUT2D eigenvalue weighted by atomic mass is 79.9. The lowest BCUT2D eigenvalue weighted by Gasteiger charge is -2.11. The summed E-state index contributed by atoms with van der Waals surface area (Å²) in [5.74, 6) is 0. The zero-order valence-electron chi connectivity index (χ0n) is 11.0. The predicted molar refractivity (Wildman–Crippen MR) is 76.1 cm³/mol. The Balaban J connectivity index is 1.90. The second-order valence-corrected chi connectivity index (χ2v) is 6.02. The van der Waals surface area contributed by atoms with Crippen LogP contribution in [0.1, 0.15) is 24.0 Å². The molecular weight excluding hydrogens is 347 g/mol. The summed E-state index contributed by atoms with van der Waals surface area (Å²) in [6, 6.07) is 5.99. The molecule has 1 aliphatic carbocycles. The maximum Gasteiger partial charge on any atom is 0.419 e. The van der Waals surface area contributed by atoms with E-state index < -0.39 is 11.7 Å². The second kappa shape index (κ2) is 5.46. The number of benzene rings is 1. The van der Waals surface area contributed by atoms with E-state index in [1.807, 2.05) is 6.07 Å². The summed E-state index contributed by atoms with van der Waals surface area (Å²) in [5, 5.41) is 7.20. The van der Waals surface area contributed by atoms with Crippen LogP contribution in [-0.4, -0.2) is 15.8 Å². The summed E-state index contributed by atoms with van der Waals surface area (Å²) >= 11 is 3.39. The van der Waals surface area contributed by atoms with Gasteiger partial charge in [-0.25, -0.2) is 4.68 Å². The van der Waals surface area contributed by atoms with E-state index in [2.05, 4.69) is 26.3 Å². The fourth-order valence-electron chi connectivity index (χ4n) is 2.06. The first-order chi connectivity index (χ1) is 9.93. The lowest BCUT2D eigenvalue weighted by molar-refractivity contribution is -0.137. The van der Waals surface area contributed by atoms with Gasteiger partial charge in [-0.1, -0.05) is 15.9 Å². The maximum absolute atomic E-state index is 12.7. The van der Waals surface area contributed by atoms with E-state index >= 15 is 0 Å². The molecule has 0 bridgehead atoms. The van der Waals surface area contributed by atoms with Crippen LogP contribution in [0.15, 0.2) is 35.1 Å². The van der Waals surface area contributed by atoms with Crippen molar-refractivity contribution in [1.29, 1.82) is 0 Å². The summed E-state index contributed by atoms with van der Waals surface area (Å²) in [4.78, 5) is 0. The lowest BCUT2D eigenvalue weighted by Crippen LogP contribution is -2.17. The average Bonchev–Trinajstić information content (AvgIpc) is 3.10. The van der Waals surface area contributed by atoms with Gasteiger partial charge in [0.05, 0.1) is 17.4 Å². The molecule has 2 aromatic rings. The van der Waals surface area contributed by atoms with Gasteiger partial charge < -0.3 is 5.32 Å². The zero-order chi connectivity index (χ0) is 15.0. The molecule has 1 N–H and O–H groups in total. The van der Waals surface area contributed by atoms with Crippen LogP contribution < -0.4 is 5.32 Å². The molecule has 0 unspecified atom stereocenters. The van der Waals surface area contributed by atoms with Gasteiger partial charge in [0, 0.05) is 23.3 Å². The molecule has 7 heteroatoms. The van der Waals surface area contributed by atoms with Gasteiger partial charge in [-0.2, -0.15) is 18.3 Å². The number of nitrogens with one attached hydrogen (secondary N) is 1. The predicted octanol–water partition coefficient (Wildman–Crippen LogP) is 3.91. The van der Waals surface area contributed by atoms with Gasteiger partial charge in [-0.3, -0.25) is 0 Å². The minimum atomic E-state index is -4.37. The Morgan fingerprint density at radius 1 is 1.33 bits per heavy atom. The van der Waals surface area contributed by atoms with E-state index in [1.165, 1.54) is 4.68 Å². The standard InChI is InChI=1S/C14H13BrF3N3/c15-11-1-4-13(9(5-11)6-19-12-2-3-12)21-8-10(7-20-21)14(16,17)18/h1,4-5,7-8,12,19H,2-3,6H2. The summed E-state index contributed by atoms with van der Waals surface area (Å²) < 4.78 is 40.2. The maximum atomic E-state index is 12.7. The van der Waals surface area contributed by atoms with Crippen molar-refractivity contribution in [1.82, 2.24) is 15.1 Å². The van der Waals surface area contributed by atoms with Crippen LogP contribution in [0, 0.1) is 0 Å². The molecule has 3 rings (SSSR count). The summed E-state index contributed by atoms with van der Waals surface area (Å²) in [6.07, 6.45) is -0.198. The number of hydrogen-bond donors (Lipinski definition) is 1. The SMILES string of the molecule is FC(F)(F)c1cnn(-c2ccc(Br)cc2CNC2CC2)c1. The quantitative estimate of drug-likeness (QED) is 0.896. The first kappa shape index (κ1) is 14.6. The molecule has 0 amide bonds. The Kier molecular flexibility index (Phi) is 3.79. The molecular formula is C14H13BrF3N3. The Morgan fingerprint density at radius 3 is 2.71 bits per heavy atom. The third-order valence-electron chi connectivity index (χ3n) is 3.36. The molecule has 3 nitrogen and oxygen atoms in total. The zero-order valence-corrected chi connectivity index (χ0v) is 12.6. The van der Waals surface area contributed by atoms with E-state index in [-0.39, 0.29) is 0 Å². The molecule has 0 aliphatic heterocycles. The summed E-state index contributed by atoms with van der Waals surface area (Å²) in [5.41, 5.74) is 0.821. The number of hydrogen-bond acceptors (Lipinski definition) is 2.